The highest BCUT2D eigenvalue weighted by Crippen LogP contribution is 2.59. The summed E-state index contributed by atoms with van der Waals surface area (Å²) >= 11 is 0. The normalized spacial score (nSPS) is 23.1. The molecular weight excluding hydrogens is 334 g/mol. The maximum atomic E-state index is 13.1. The molecule has 3 heterocycles. The van der Waals surface area contributed by atoms with E-state index in [1.807, 2.05) is 35.2 Å². The van der Waals surface area contributed by atoms with E-state index in [-0.39, 0.29) is 11.3 Å². The Balaban J connectivity index is 1.38. The molecule has 1 amide bonds. The van der Waals surface area contributed by atoms with Gasteiger partial charge in [0.1, 0.15) is 5.69 Å². The van der Waals surface area contributed by atoms with Crippen LogP contribution in [0.4, 0.5) is 0 Å². The van der Waals surface area contributed by atoms with Crippen molar-refractivity contribution in [1.82, 2.24) is 14.9 Å². The largest absolute Gasteiger partial charge is 0.336 e. The summed E-state index contributed by atoms with van der Waals surface area (Å²) in [6.07, 6.45) is 4.67. The van der Waals surface area contributed by atoms with Gasteiger partial charge in [-0.3, -0.25) is 9.78 Å². The van der Waals surface area contributed by atoms with E-state index in [9.17, 15) is 4.79 Å². The van der Waals surface area contributed by atoms with E-state index in [0.717, 1.165) is 24.3 Å². The van der Waals surface area contributed by atoms with Crippen molar-refractivity contribution in [3.63, 3.8) is 0 Å². The van der Waals surface area contributed by atoms with E-state index < -0.39 is 0 Å². The van der Waals surface area contributed by atoms with Crippen LogP contribution in [0.2, 0.25) is 0 Å². The lowest BCUT2D eigenvalue weighted by Gasteiger charge is -2.21. The molecule has 0 N–H and O–H groups in total. The molecule has 2 aromatic heterocycles. The van der Waals surface area contributed by atoms with Crippen LogP contribution in [0.25, 0.3) is 11.3 Å². The fourth-order valence-electron chi connectivity index (χ4n) is 4.37. The van der Waals surface area contributed by atoms with Crippen molar-refractivity contribution < 1.29 is 4.79 Å². The zero-order chi connectivity index (χ0) is 18.4. The maximum Gasteiger partial charge on any atom is 0.272 e. The van der Waals surface area contributed by atoms with Crippen molar-refractivity contribution in [3.8, 4) is 11.3 Å². The number of nitrogens with zero attached hydrogens (tertiary/aromatic N) is 3. The molecule has 0 unspecified atom stereocenters. The number of piperidine rings is 1. The summed E-state index contributed by atoms with van der Waals surface area (Å²) in [4.78, 5) is 23.7. The van der Waals surface area contributed by atoms with Gasteiger partial charge in [0.15, 0.2) is 0 Å². The van der Waals surface area contributed by atoms with Crippen LogP contribution in [0.3, 0.4) is 0 Å². The Labute approximate surface area is 158 Å². The molecule has 1 saturated heterocycles. The molecule has 1 aliphatic carbocycles. The number of rotatable bonds is 3. The Morgan fingerprint density at radius 2 is 1.85 bits per heavy atom. The molecule has 1 aliphatic heterocycles. The van der Waals surface area contributed by atoms with E-state index in [4.69, 9.17) is 0 Å². The molecule has 27 heavy (non-hydrogen) atoms. The van der Waals surface area contributed by atoms with Crippen molar-refractivity contribution in [3.05, 3.63) is 83.8 Å². The summed E-state index contributed by atoms with van der Waals surface area (Å²) < 4.78 is 0. The number of fused-ring (bicyclic) bond motifs is 1. The first-order valence-electron chi connectivity index (χ1n) is 9.40. The van der Waals surface area contributed by atoms with E-state index >= 15 is 0 Å². The first kappa shape index (κ1) is 16.2. The molecule has 2 atom stereocenters. The summed E-state index contributed by atoms with van der Waals surface area (Å²) in [6.45, 7) is 3.73. The number of likely N-dealkylation sites (tertiary alicyclic amines) is 1. The molecule has 0 radical (unpaired) electrons. The highest BCUT2D eigenvalue weighted by atomic mass is 16.2. The Kier molecular flexibility index (Phi) is 3.61. The van der Waals surface area contributed by atoms with Crippen LogP contribution in [0, 0.1) is 12.8 Å². The van der Waals surface area contributed by atoms with Gasteiger partial charge < -0.3 is 4.90 Å². The van der Waals surface area contributed by atoms with E-state index in [0.29, 0.717) is 11.6 Å². The number of pyridine rings is 2. The maximum absolute atomic E-state index is 13.1. The van der Waals surface area contributed by atoms with Gasteiger partial charge in [-0.25, -0.2) is 4.98 Å². The van der Waals surface area contributed by atoms with Crippen molar-refractivity contribution in [1.29, 1.82) is 0 Å². The number of carbonyl (C=O) groups excluding carboxylic acids is 1. The van der Waals surface area contributed by atoms with Gasteiger partial charge in [0.25, 0.3) is 5.91 Å². The van der Waals surface area contributed by atoms with Crippen LogP contribution < -0.4 is 0 Å². The Morgan fingerprint density at radius 1 is 1.07 bits per heavy atom. The average molecular weight is 355 g/mol. The number of carbonyl (C=O) groups is 1. The number of aryl methyl sites for hydroxylation is 1. The summed E-state index contributed by atoms with van der Waals surface area (Å²) in [6, 6.07) is 18.3. The molecule has 0 bridgehead atoms. The fourth-order valence-corrected chi connectivity index (χ4v) is 4.37. The van der Waals surface area contributed by atoms with Crippen molar-refractivity contribution in [2.45, 2.75) is 18.8 Å². The highest BCUT2D eigenvalue weighted by molar-refractivity contribution is 5.93. The molecule has 1 saturated carbocycles. The standard InChI is InChI=1S/C23H21N3O/c1-16-5-7-18(8-6-16)23-13-19(23)14-26(15-23)22(27)21-4-2-3-20(25-21)17-9-11-24-12-10-17/h2-12,19H,13-15H2,1H3/t19-,23+/m0/s1. The van der Waals surface area contributed by atoms with Gasteiger partial charge in [0.05, 0.1) is 5.69 Å². The molecule has 3 aromatic rings. The van der Waals surface area contributed by atoms with Crippen LogP contribution >= 0.6 is 0 Å². The minimum absolute atomic E-state index is 0.0320. The van der Waals surface area contributed by atoms with Crippen molar-refractivity contribution in [2.24, 2.45) is 5.92 Å². The molecule has 1 aromatic carbocycles. The Morgan fingerprint density at radius 3 is 2.63 bits per heavy atom. The quantitative estimate of drug-likeness (QED) is 0.717. The fraction of sp³-hybridized carbons (Fsp3) is 0.261. The monoisotopic (exact) mass is 355 g/mol. The molecule has 4 nitrogen and oxygen atoms in total. The lowest BCUT2D eigenvalue weighted by molar-refractivity contribution is 0.0766. The summed E-state index contributed by atoms with van der Waals surface area (Å²) in [5, 5.41) is 0. The average Bonchev–Trinajstić information content (AvgIpc) is 3.29. The van der Waals surface area contributed by atoms with Gasteiger partial charge >= 0.3 is 0 Å². The summed E-state index contributed by atoms with van der Waals surface area (Å²) in [5.74, 6) is 0.608. The number of benzene rings is 1. The zero-order valence-electron chi connectivity index (χ0n) is 15.3. The van der Waals surface area contributed by atoms with Crippen LogP contribution in [0.5, 0.6) is 0 Å². The van der Waals surface area contributed by atoms with Gasteiger partial charge in [0, 0.05) is 36.5 Å². The van der Waals surface area contributed by atoms with Crippen LogP contribution in [0.15, 0.2) is 67.0 Å². The highest BCUT2D eigenvalue weighted by Gasteiger charge is 2.61. The van der Waals surface area contributed by atoms with Gasteiger partial charge in [-0.2, -0.15) is 0 Å². The number of amides is 1. The van der Waals surface area contributed by atoms with E-state index in [1.54, 1.807) is 12.4 Å². The molecule has 4 heteroatoms. The Hall–Kier alpha value is -3.01. The Bertz CT molecular complexity index is 1000. The van der Waals surface area contributed by atoms with Crippen molar-refractivity contribution in [2.75, 3.05) is 13.1 Å². The number of aromatic nitrogens is 2. The van der Waals surface area contributed by atoms with Crippen molar-refractivity contribution >= 4 is 5.91 Å². The summed E-state index contributed by atoms with van der Waals surface area (Å²) in [7, 11) is 0. The molecule has 5 rings (SSSR count). The third kappa shape index (κ3) is 2.72. The number of hydrogen-bond donors (Lipinski definition) is 0. The lowest BCUT2D eigenvalue weighted by atomic mass is 9.94. The van der Waals surface area contributed by atoms with E-state index in [2.05, 4.69) is 41.2 Å². The minimum Gasteiger partial charge on any atom is -0.336 e. The third-order valence-corrected chi connectivity index (χ3v) is 6.00. The molecule has 0 spiro atoms. The molecule has 2 aliphatic rings. The van der Waals surface area contributed by atoms with Crippen LogP contribution in [0.1, 0.15) is 28.0 Å². The first-order chi connectivity index (χ1) is 13.2. The van der Waals surface area contributed by atoms with Crippen LogP contribution in [-0.4, -0.2) is 33.9 Å². The van der Waals surface area contributed by atoms with Gasteiger partial charge in [-0.15, -0.1) is 0 Å². The second kappa shape index (κ2) is 6.02. The second-order valence-corrected chi connectivity index (χ2v) is 7.75. The SMILES string of the molecule is Cc1ccc([C@]23C[C@H]2CN(C(=O)c2cccc(-c4ccncc4)n2)C3)cc1. The predicted molar refractivity (Wildman–Crippen MR) is 104 cm³/mol. The zero-order valence-corrected chi connectivity index (χ0v) is 15.3. The third-order valence-electron chi connectivity index (χ3n) is 6.00. The molecular formula is C23H21N3O. The van der Waals surface area contributed by atoms with Crippen LogP contribution in [-0.2, 0) is 5.41 Å². The van der Waals surface area contributed by atoms with Gasteiger partial charge in [-0.1, -0.05) is 35.9 Å². The lowest BCUT2D eigenvalue weighted by Crippen LogP contribution is -2.33. The van der Waals surface area contributed by atoms with Gasteiger partial charge in [0.2, 0.25) is 0 Å². The van der Waals surface area contributed by atoms with Gasteiger partial charge in [-0.05, 0) is 49.1 Å². The minimum atomic E-state index is 0.0320. The van der Waals surface area contributed by atoms with E-state index in [1.165, 1.54) is 17.5 Å². The first-order valence-corrected chi connectivity index (χ1v) is 9.40. The topological polar surface area (TPSA) is 46.1 Å². The smallest absolute Gasteiger partial charge is 0.272 e. The summed E-state index contributed by atoms with van der Waals surface area (Å²) in [5.41, 5.74) is 5.10. The molecule has 2 fully saturated rings. The second-order valence-electron chi connectivity index (χ2n) is 7.75. The molecule has 134 valence electrons. The number of hydrogen-bond acceptors (Lipinski definition) is 3. The predicted octanol–water partition coefficient (Wildman–Crippen LogP) is 3.87.